The minimum atomic E-state index is -3.99. The number of hydrogen-bond donors (Lipinski definition) is 1. The molecule has 0 fully saturated rings. The van der Waals surface area contributed by atoms with E-state index in [4.69, 9.17) is 0 Å². The lowest BCUT2D eigenvalue weighted by atomic mass is 10.2. The van der Waals surface area contributed by atoms with Gasteiger partial charge in [0.05, 0.1) is 4.90 Å². The van der Waals surface area contributed by atoms with Crippen LogP contribution in [0.5, 0.6) is 0 Å². The summed E-state index contributed by atoms with van der Waals surface area (Å²) >= 11 is 0. The van der Waals surface area contributed by atoms with Crippen LogP contribution >= 0.6 is 0 Å². The molecule has 0 amide bonds. The Morgan fingerprint density at radius 2 is 1.75 bits per heavy atom. The SMILES string of the molecule is [NH3+]Cc1ccccc1S(=O)(=O)[N-]c1ccc(F)c(F)c1. The molecule has 0 saturated carbocycles. The molecule has 0 aliphatic carbocycles. The van der Waals surface area contributed by atoms with Crippen molar-refractivity contribution in [3.05, 3.63) is 64.4 Å². The first-order valence-electron chi connectivity index (χ1n) is 5.74. The Bertz CT molecular complexity index is 733. The summed E-state index contributed by atoms with van der Waals surface area (Å²) < 4.78 is 53.7. The molecule has 7 heteroatoms. The fourth-order valence-corrected chi connectivity index (χ4v) is 2.93. The van der Waals surface area contributed by atoms with Gasteiger partial charge in [0.1, 0.15) is 16.6 Å². The van der Waals surface area contributed by atoms with E-state index < -0.39 is 21.7 Å². The molecule has 0 aliphatic heterocycles. The Hall–Kier alpha value is -1.99. The smallest absolute Gasteiger partial charge is 0.158 e. The molecule has 106 valence electrons. The second kappa shape index (κ2) is 5.56. The summed E-state index contributed by atoms with van der Waals surface area (Å²) in [7, 11) is -3.99. The lowest BCUT2D eigenvalue weighted by Gasteiger charge is -2.23. The van der Waals surface area contributed by atoms with Gasteiger partial charge in [-0.15, -0.1) is 5.69 Å². The first-order chi connectivity index (χ1) is 9.44. The van der Waals surface area contributed by atoms with Gasteiger partial charge in [-0.3, -0.25) is 0 Å². The molecule has 0 unspecified atom stereocenters. The first-order valence-corrected chi connectivity index (χ1v) is 7.18. The summed E-state index contributed by atoms with van der Waals surface area (Å²) in [4.78, 5) is 0.0136. The average Bonchev–Trinajstić information content (AvgIpc) is 2.42. The molecular formula is C13H12F2N2O2S. The normalized spacial score (nSPS) is 11.3. The molecule has 2 aromatic rings. The predicted octanol–water partition coefficient (Wildman–Crippen LogP) is 2.10. The number of quaternary nitrogens is 1. The van der Waals surface area contributed by atoms with Gasteiger partial charge in [0.2, 0.25) is 0 Å². The predicted molar refractivity (Wildman–Crippen MR) is 69.6 cm³/mol. The molecule has 0 aliphatic rings. The summed E-state index contributed by atoms with van der Waals surface area (Å²) in [5, 5.41) is 0. The highest BCUT2D eigenvalue weighted by molar-refractivity contribution is 7.94. The molecule has 2 aromatic carbocycles. The third kappa shape index (κ3) is 2.94. The number of benzene rings is 2. The van der Waals surface area contributed by atoms with Crippen molar-refractivity contribution in [3.8, 4) is 0 Å². The van der Waals surface area contributed by atoms with Crippen molar-refractivity contribution in [3.63, 3.8) is 0 Å². The van der Waals surface area contributed by atoms with E-state index in [1.54, 1.807) is 18.2 Å². The second-order valence-corrected chi connectivity index (χ2v) is 5.60. The number of hydrogen-bond acceptors (Lipinski definition) is 2. The molecule has 0 spiro atoms. The minimum Gasteiger partial charge on any atom is -0.573 e. The largest absolute Gasteiger partial charge is 0.573 e. The van der Waals surface area contributed by atoms with Crippen molar-refractivity contribution < 1.29 is 22.9 Å². The van der Waals surface area contributed by atoms with Crippen LogP contribution in [0, 0.1) is 11.6 Å². The number of rotatable bonds is 4. The highest BCUT2D eigenvalue weighted by Crippen LogP contribution is 2.30. The van der Waals surface area contributed by atoms with E-state index in [9.17, 15) is 17.2 Å². The van der Waals surface area contributed by atoms with Gasteiger partial charge in [0, 0.05) is 5.56 Å². The van der Waals surface area contributed by atoms with E-state index in [1.165, 1.54) is 6.07 Å². The molecule has 4 nitrogen and oxygen atoms in total. The summed E-state index contributed by atoms with van der Waals surface area (Å²) in [5.41, 5.74) is 4.00. The third-order valence-electron chi connectivity index (χ3n) is 2.65. The number of sulfonamides is 1. The summed E-state index contributed by atoms with van der Waals surface area (Å²) in [6.45, 7) is 0.280. The zero-order valence-electron chi connectivity index (χ0n) is 10.4. The molecule has 3 N–H and O–H groups in total. The Morgan fingerprint density at radius 1 is 1.05 bits per heavy atom. The van der Waals surface area contributed by atoms with Crippen LogP contribution in [-0.4, -0.2) is 8.42 Å². The van der Waals surface area contributed by atoms with Gasteiger partial charge >= 0.3 is 0 Å². The van der Waals surface area contributed by atoms with Crippen molar-refractivity contribution in [1.29, 1.82) is 0 Å². The highest BCUT2D eigenvalue weighted by atomic mass is 32.2. The minimum absolute atomic E-state index is 0.0136. The number of halogens is 2. The fourth-order valence-electron chi connectivity index (χ4n) is 1.69. The van der Waals surface area contributed by atoms with Crippen molar-refractivity contribution in [1.82, 2.24) is 0 Å². The van der Waals surface area contributed by atoms with Gasteiger partial charge in [-0.2, -0.15) is 0 Å². The maximum atomic E-state index is 13.1. The maximum absolute atomic E-state index is 13.1. The molecule has 0 heterocycles. The van der Waals surface area contributed by atoms with Crippen LogP contribution in [0.2, 0.25) is 0 Å². The second-order valence-electron chi connectivity index (χ2n) is 4.02. The van der Waals surface area contributed by atoms with Crippen LogP contribution in [0.3, 0.4) is 0 Å². The van der Waals surface area contributed by atoms with Crippen LogP contribution in [-0.2, 0) is 16.6 Å². The van der Waals surface area contributed by atoms with Crippen molar-refractivity contribution in [2.45, 2.75) is 11.4 Å². The average molecular weight is 298 g/mol. The van der Waals surface area contributed by atoms with Gasteiger partial charge in [-0.05, 0) is 18.2 Å². The summed E-state index contributed by atoms with van der Waals surface area (Å²) in [6, 6.07) is 8.95. The molecule has 2 rings (SSSR count). The van der Waals surface area contributed by atoms with Crippen LogP contribution in [0.4, 0.5) is 14.5 Å². The molecule has 0 bridgehead atoms. The Labute approximate surface area is 115 Å². The molecule has 20 heavy (non-hydrogen) atoms. The van der Waals surface area contributed by atoms with Crippen LogP contribution in [0.25, 0.3) is 4.72 Å². The van der Waals surface area contributed by atoms with Gasteiger partial charge in [-0.25, -0.2) is 17.2 Å². The molecule has 0 atom stereocenters. The highest BCUT2D eigenvalue weighted by Gasteiger charge is 2.11. The van der Waals surface area contributed by atoms with E-state index >= 15 is 0 Å². The molecule has 0 saturated heterocycles. The maximum Gasteiger partial charge on any atom is 0.158 e. The van der Waals surface area contributed by atoms with Gasteiger partial charge in [0.15, 0.2) is 11.6 Å². The van der Waals surface area contributed by atoms with E-state index in [-0.39, 0.29) is 17.1 Å². The van der Waals surface area contributed by atoms with Gasteiger partial charge in [0.25, 0.3) is 0 Å². The Kier molecular flexibility index (Phi) is 4.01. The van der Waals surface area contributed by atoms with Crippen molar-refractivity contribution >= 4 is 15.7 Å². The number of nitrogens with zero attached hydrogens (tertiary/aromatic N) is 1. The summed E-state index contributed by atoms with van der Waals surface area (Å²) in [5.74, 6) is -2.20. The quantitative estimate of drug-likeness (QED) is 0.938. The standard InChI is InChI=1S/C13H11F2N2O2S/c14-11-6-5-10(7-12(11)15)17-20(18,19)13-4-2-1-3-9(13)8-16/h1-7H,8,16H2/q-1/p+1. The molecule has 0 aromatic heterocycles. The fraction of sp³-hybridized carbons (Fsp3) is 0.0769. The van der Waals surface area contributed by atoms with Crippen LogP contribution in [0.15, 0.2) is 47.4 Å². The first kappa shape index (κ1) is 14.4. The zero-order chi connectivity index (χ0) is 14.8. The van der Waals surface area contributed by atoms with Gasteiger partial charge in [-0.1, -0.05) is 24.3 Å². The van der Waals surface area contributed by atoms with Gasteiger partial charge < -0.3 is 10.5 Å². The van der Waals surface area contributed by atoms with Crippen LogP contribution < -0.4 is 5.73 Å². The zero-order valence-corrected chi connectivity index (χ0v) is 11.2. The Balaban J connectivity index is 2.38. The summed E-state index contributed by atoms with van der Waals surface area (Å²) in [6.07, 6.45) is 0. The Morgan fingerprint density at radius 3 is 2.40 bits per heavy atom. The van der Waals surface area contributed by atoms with Crippen molar-refractivity contribution in [2.75, 3.05) is 0 Å². The van der Waals surface area contributed by atoms with E-state index in [0.717, 1.165) is 18.2 Å². The van der Waals surface area contributed by atoms with E-state index in [1.807, 2.05) is 0 Å². The topological polar surface area (TPSA) is 75.9 Å². The van der Waals surface area contributed by atoms with Crippen LogP contribution in [0.1, 0.15) is 5.56 Å². The molecular weight excluding hydrogens is 286 g/mol. The van der Waals surface area contributed by atoms with E-state index in [0.29, 0.717) is 5.56 Å². The third-order valence-corrected chi connectivity index (χ3v) is 4.05. The monoisotopic (exact) mass is 298 g/mol. The van der Waals surface area contributed by atoms with E-state index in [2.05, 4.69) is 10.5 Å². The lowest BCUT2D eigenvalue weighted by Crippen LogP contribution is -2.47. The lowest BCUT2D eigenvalue weighted by molar-refractivity contribution is -0.387. The molecule has 0 radical (unpaired) electrons. The van der Waals surface area contributed by atoms with Crippen molar-refractivity contribution in [2.24, 2.45) is 0 Å².